The molecule has 0 radical (unpaired) electrons. The van der Waals surface area contributed by atoms with Crippen molar-refractivity contribution in [1.82, 2.24) is 0 Å². The van der Waals surface area contributed by atoms with Gasteiger partial charge in [0.05, 0.1) is 18.7 Å². The van der Waals surface area contributed by atoms with Gasteiger partial charge in [-0.3, -0.25) is 0 Å². The SMILES string of the molecule is COc1cc(C(Br)CCC2CCCCC2)c(OC)cc1Br. The maximum absolute atomic E-state index is 5.52. The van der Waals surface area contributed by atoms with Crippen LogP contribution in [-0.2, 0) is 0 Å². The smallest absolute Gasteiger partial charge is 0.133 e. The van der Waals surface area contributed by atoms with Gasteiger partial charge in [0.1, 0.15) is 11.5 Å². The first-order valence-electron chi connectivity index (χ1n) is 7.71. The highest BCUT2D eigenvalue weighted by Crippen LogP contribution is 2.42. The second kappa shape index (κ2) is 8.42. The van der Waals surface area contributed by atoms with Gasteiger partial charge in [0, 0.05) is 10.4 Å². The van der Waals surface area contributed by atoms with Gasteiger partial charge in [0.15, 0.2) is 0 Å². The molecule has 1 atom stereocenters. The maximum Gasteiger partial charge on any atom is 0.133 e. The van der Waals surface area contributed by atoms with Crippen LogP contribution in [0.15, 0.2) is 16.6 Å². The molecule has 0 N–H and O–H groups in total. The summed E-state index contributed by atoms with van der Waals surface area (Å²) in [7, 11) is 3.42. The first-order valence-corrected chi connectivity index (χ1v) is 9.42. The lowest BCUT2D eigenvalue weighted by Gasteiger charge is -2.23. The summed E-state index contributed by atoms with van der Waals surface area (Å²) in [6, 6.07) is 4.06. The zero-order valence-corrected chi connectivity index (χ0v) is 16.0. The van der Waals surface area contributed by atoms with Crippen molar-refractivity contribution in [3.63, 3.8) is 0 Å². The molecule has 2 nitrogen and oxygen atoms in total. The highest BCUT2D eigenvalue weighted by molar-refractivity contribution is 9.10. The van der Waals surface area contributed by atoms with Crippen LogP contribution in [0.5, 0.6) is 11.5 Å². The van der Waals surface area contributed by atoms with Crippen molar-refractivity contribution in [1.29, 1.82) is 0 Å². The summed E-state index contributed by atoms with van der Waals surface area (Å²) in [6.07, 6.45) is 9.48. The Morgan fingerprint density at radius 3 is 2.38 bits per heavy atom. The van der Waals surface area contributed by atoms with Crippen molar-refractivity contribution in [2.75, 3.05) is 14.2 Å². The lowest BCUT2D eigenvalue weighted by atomic mass is 9.85. The van der Waals surface area contributed by atoms with E-state index in [9.17, 15) is 0 Å². The van der Waals surface area contributed by atoms with Crippen molar-refractivity contribution < 1.29 is 9.47 Å². The molecule has 1 aliphatic rings. The van der Waals surface area contributed by atoms with E-state index in [1.165, 1.54) is 44.1 Å². The van der Waals surface area contributed by atoms with E-state index in [4.69, 9.17) is 9.47 Å². The summed E-state index contributed by atoms with van der Waals surface area (Å²) in [5, 5.41) is 0. The van der Waals surface area contributed by atoms with Gasteiger partial charge in [-0.2, -0.15) is 0 Å². The summed E-state index contributed by atoms with van der Waals surface area (Å²) < 4.78 is 11.9. The molecule has 1 fully saturated rings. The minimum Gasteiger partial charge on any atom is -0.496 e. The Hall–Kier alpha value is -0.220. The normalized spacial score (nSPS) is 17.5. The van der Waals surface area contributed by atoms with Gasteiger partial charge in [0.2, 0.25) is 0 Å². The summed E-state index contributed by atoms with van der Waals surface area (Å²) in [5.74, 6) is 2.67. The van der Waals surface area contributed by atoms with Gasteiger partial charge < -0.3 is 9.47 Å². The highest BCUT2D eigenvalue weighted by Gasteiger charge is 2.19. The van der Waals surface area contributed by atoms with Crippen molar-refractivity contribution >= 4 is 31.9 Å². The molecule has 0 aromatic heterocycles. The topological polar surface area (TPSA) is 18.5 Å². The van der Waals surface area contributed by atoms with Crippen LogP contribution < -0.4 is 9.47 Å². The summed E-state index contributed by atoms with van der Waals surface area (Å²) >= 11 is 7.35. The van der Waals surface area contributed by atoms with E-state index >= 15 is 0 Å². The molecule has 1 saturated carbocycles. The Morgan fingerprint density at radius 1 is 1.10 bits per heavy atom. The first-order chi connectivity index (χ1) is 10.2. The molecule has 0 bridgehead atoms. The van der Waals surface area contributed by atoms with E-state index in [2.05, 4.69) is 37.9 Å². The van der Waals surface area contributed by atoms with Crippen LogP contribution in [0.2, 0.25) is 0 Å². The number of hydrogen-bond acceptors (Lipinski definition) is 2. The number of hydrogen-bond donors (Lipinski definition) is 0. The van der Waals surface area contributed by atoms with Gasteiger partial charge >= 0.3 is 0 Å². The Labute approximate surface area is 144 Å². The van der Waals surface area contributed by atoms with Crippen LogP contribution in [0, 0.1) is 5.92 Å². The minimum absolute atomic E-state index is 0.316. The van der Waals surface area contributed by atoms with Crippen LogP contribution in [0.25, 0.3) is 0 Å². The minimum atomic E-state index is 0.316. The molecule has 1 unspecified atom stereocenters. The maximum atomic E-state index is 5.52. The quantitative estimate of drug-likeness (QED) is 0.506. The zero-order valence-electron chi connectivity index (χ0n) is 12.8. The van der Waals surface area contributed by atoms with Crippen LogP contribution >= 0.6 is 31.9 Å². The summed E-state index contributed by atoms with van der Waals surface area (Å²) in [4.78, 5) is 0.316. The molecule has 0 spiro atoms. The van der Waals surface area contributed by atoms with E-state index in [0.29, 0.717) is 4.83 Å². The fourth-order valence-corrected chi connectivity index (χ4v) is 4.25. The first kappa shape index (κ1) is 17.1. The Balaban J connectivity index is 2.04. The summed E-state index contributed by atoms with van der Waals surface area (Å²) in [6.45, 7) is 0. The number of alkyl halides is 1. The van der Waals surface area contributed by atoms with Gasteiger partial charge in [0.25, 0.3) is 0 Å². The third-order valence-electron chi connectivity index (χ3n) is 4.39. The van der Waals surface area contributed by atoms with Gasteiger partial charge in [-0.05, 0) is 46.8 Å². The lowest BCUT2D eigenvalue weighted by Crippen LogP contribution is -2.07. The second-order valence-electron chi connectivity index (χ2n) is 5.78. The van der Waals surface area contributed by atoms with Crippen LogP contribution in [0.4, 0.5) is 0 Å². The average Bonchev–Trinajstić information content (AvgIpc) is 2.53. The number of halogens is 2. The molecule has 0 aliphatic heterocycles. The second-order valence-corrected chi connectivity index (χ2v) is 7.74. The third-order valence-corrected chi connectivity index (χ3v) is 5.97. The molecule has 0 saturated heterocycles. The third kappa shape index (κ3) is 4.62. The fraction of sp³-hybridized carbons (Fsp3) is 0.647. The molecule has 0 amide bonds. The number of rotatable bonds is 6. The predicted molar refractivity (Wildman–Crippen MR) is 94.7 cm³/mol. The molecule has 1 aromatic rings. The van der Waals surface area contributed by atoms with Crippen LogP contribution in [0.1, 0.15) is 55.3 Å². The van der Waals surface area contributed by atoms with Crippen molar-refractivity contribution in [2.45, 2.75) is 49.8 Å². The highest BCUT2D eigenvalue weighted by atomic mass is 79.9. The van der Waals surface area contributed by atoms with Crippen molar-refractivity contribution in [2.24, 2.45) is 5.92 Å². The summed E-state index contributed by atoms with van der Waals surface area (Å²) in [5.41, 5.74) is 1.17. The standard InChI is InChI=1S/C17H24Br2O2/c1-20-16-11-15(19)17(21-2)10-13(16)14(18)9-8-12-6-4-3-5-7-12/h10-12,14H,3-9H2,1-2H3. The van der Waals surface area contributed by atoms with E-state index in [1.807, 2.05) is 6.07 Å². The fourth-order valence-electron chi connectivity index (χ4n) is 3.14. The molecular weight excluding hydrogens is 396 g/mol. The van der Waals surface area contributed by atoms with Gasteiger partial charge in [-0.1, -0.05) is 48.0 Å². The largest absolute Gasteiger partial charge is 0.496 e. The zero-order chi connectivity index (χ0) is 15.2. The monoisotopic (exact) mass is 418 g/mol. The Morgan fingerprint density at radius 2 is 1.76 bits per heavy atom. The number of ether oxygens (including phenoxy) is 2. The molecular formula is C17H24Br2O2. The molecule has 1 aromatic carbocycles. The van der Waals surface area contributed by atoms with Crippen LogP contribution in [0.3, 0.4) is 0 Å². The van der Waals surface area contributed by atoms with Gasteiger partial charge in [-0.15, -0.1) is 0 Å². The average molecular weight is 420 g/mol. The molecule has 4 heteroatoms. The molecule has 118 valence electrons. The van der Waals surface area contributed by atoms with Crippen molar-refractivity contribution in [3.05, 3.63) is 22.2 Å². The van der Waals surface area contributed by atoms with E-state index in [0.717, 1.165) is 28.3 Å². The molecule has 2 rings (SSSR count). The molecule has 1 aliphatic carbocycles. The van der Waals surface area contributed by atoms with Gasteiger partial charge in [-0.25, -0.2) is 0 Å². The van der Waals surface area contributed by atoms with E-state index in [1.54, 1.807) is 14.2 Å². The molecule has 21 heavy (non-hydrogen) atoms. The lowest BCUT2D eigenvalue weighted by molar-refractivity contribution is 0.331. The van der Waals surface area contributed by atoms with Crippen LogP contribution in [-0.4, -0.2) is 14.2 Å². The van der Waals surface area contributed by atoms with E-state index < -0.39 is 0 Å². The van der Waals surface area contributed by atoms with E-state index in [-0.39, 0.29) is 0 Å². The predicted octanol–water partition coefficient (Wildman–Crippen LogP) is 6.26. The Kier molecular flexibility index (Phi) is 6.87. The number of methoxy groups -OCH3 is 2. The molecule has 0 heterocycles. The van der Waals surface area contributed by atoms with Crippen molar-refractivity contribution in [3.8, 4) is 11.5 Å². The number of benzene rings is 1. The Bertz CT molecular complexity index is 456.